The third-order valence-electron chi connectivity index (χ3n) is 2.80. The number of aliphatic hydroxyl groups excluding tert-OH is 1. The van der Waals surface area contributed by atoms with E-state index in [1.807, 2.05) is 25.1 Å². The molecular weight excluding hydrogens is 212 g/mol. The zero-order valence-electron chi connectivity index (χ0n) is 11.1. The minimum absolute atomic E-state index is 0.264. The van der Waals surface area contributed by atoms with Gasteiger partial charge in [0.15, 0.2) is 0 Å². The SMILES string of the molecule is Cc1cccc(NCC(CCO)CC(C)C)n1. The summed E-state index contributed by atoms with van der Waals surface area (Å²) < 4.78 is 0. The van der Waals surface area contributed by atoms with Crippen molar-refractivity contribution in [1.82, 2.24) is 4.98 Å². The summed E-state index contributed by atoms with van der Waals surface area (Å²) in [6, 6.07) is 5.98. The first-order chi connectivity index (χ1) is 8.11. The molecular formula is C14H24N2O. The lowest BCUT2D eigenvalue weighted by Gasteiger charge is -2.19. The van der Waals surface area contributed by atoms with E-state index in [1.165, 1.54) is 0 Å². The van der Waals surface area contributed by atoms with Gasteiger partial charge >= 0.3 is 0 Å². The Morgan fingerprint density at radius 1 is 1.35 bits per heavy atom. The molecule has 1 unspecified atom stereocenters. The minimum Gasteiger partial charge on any atom is -0.396 e. The van der Waals surface area contributed by atoms with Crippen LogP contribution in [0.3, 0.4) is 0 Å². The third-order valence-corrected chi connectivity index (χ3v) is 2.80. The maximum Gasteiger partial charge on any atom is 0.126 e. The Morgan fingerprint density at radius 3 is 2.71 bits per heavy atom. The number of aliphatic hydroxyl groups is 1. The lowest BCUT2D eigenvalue weighted by Crippen LogP contribution is -2.18. The van der Waals surface area contributed by atoms with Gasteiger partial charge in [0.25, 0.3) is 0 Å². The van der Waals surface area contributed by atoms with Crippen LogP contribution >= 0.6 is 0 Å². The lowest BCUT2D eigenvalue weighted by atomic mass is 9.94. The van der Waals surface area contributed by atoms with Gasteiger partial charge in [0, 0.05) is 18.8 Å². The number of pyridine rings is 1. The van der Waals surface area contributed by atoms with Crippen molar-refractivity contribution in [2.24, 2.45) is 11.8 Å². The summed E-state index contributed by atoms with van der Waals surface area (Å²) in [5.74, 6) is 2.11. The number of aryl methyl sites for hydroxylation is 1. The molecule has 96 valence electrons. The van der Waals surface area contributed by atoms with Gasteiger partial charge in [-0.25, -0.2) is 4.98 Å². The number of rotatable bonds is 7. The third kappa shape index (κ3) is 5.68. The van der Waals surface area contributed by atoms with Gasteiger partial charge in [-0.15, -0.1) is 0 Å². The van der Waals surface area contributed by atoms with Crippen LogP contribution in [0.5, 0.6) is 0 Å². The first-order valence-corrected chi connectivity index (χ1v) is 6.40. The Kier molecular flexibility index (Phi) is 5.98. The predicted molar refractivity (Wildman–Crippen MR) is 72.1 cm³/mol. The quantitative estimate of drug-likeness (QED) is 0.765. The van der Waals surface area contributed by atoms with Crippen LogP contribution in [0.2, 0.25) is 0 Å². The van der Waals surface area contributed by atoms with E-state index in [0.29, 0.717) is 11.8 Å². The summed E-state index contributed by atoms with van der Waals surface area (Å²) >= 11 is 0. The van der Waals surface area contributed by atoms with Gasteiger partial charge in [-0.1, -0.05) is 19.9 Å². The Morgan fingerprint density at radius 2 is 2.12 bits per heavy atom. The Hall–Kier alpha value is -1.09. The Labute approximate surface area is 104 Å². The summed E-state index contributed by atoms with van der Waals surface area (Å²) in [6.45, 7) is 7.57. The molecule has 0 amide bonds. The zero-order chi connectivity index (χ0) is 12.7. The molecule has 3 heteroatoms. The topological polar surface area (TPSA) is 45.1 Å². The molecule has 0 radical (unpaired) electrons. The van der Waals surface area contributed by atoms with Gasteiger partial charge in [-0.3, -0.25) is 0 Å². The summed E-state index contributed by atoms with van der Waals surface area (Å²) in [5.41, 5.74) is 1.03. The maximum atomic E-state index is 9.05. The van der Waals surface area contributed by atoms with E-state index in [-0.39, 0.29) is 6.61 Å². The molecule has 1 aromatic heterocycles. The summed E-state index contributed by atoms with van der Waals surface area (Å²) in [5, 5.41) is 12.4. The number of aromatic nitrogens is 1. The van der Waals surface area contributed by atoms with E-state index < -0.39 is 0 Å². The van der Waals surface area contributed by atoms with Gasteiger partial charge in [0.2, 0.25) is 0 Å². The molecule has 1 atom stereocenters. The fourth-order valence-corrected chi connectivity index (χ4v) is 2.04. The zero-order valence-corrected chi connectivity index (χ0v) is 11.1. The second-order valence-corrected chi connectivity index (χ2v) is 5.05. The molecule has 0 saturated carbocycles. The number of nitrogens with zero attached hydrogens (tertiary/aromatic N) is 1. The summed E-state index contributed by atoms with van der Waals surface area (Å²) in [7, 11) is 0. The molecule has 0 aromatic carbocycles. The highest BCUT2D eigenvalue weighted by Gasteiger charge is 2.10. The maximum absolute atomic E-state index is 9.05. The minimum atomic E-state index is 0.264. The molecule has 2 N–H and O–H groups in total. The van der Waals surface area contributed by atoms with Crippen LogP contribution in [-0.4, -0.2) is 23.2 Å². The second kappa shape index (κ2) is 7.28. The lowest BCUT2D eigenvalue weighted by molar-refractivity contribution is 0.247. The van der Waals surface area contributed by atoms with Crippen LogP contribution in [0.15, 0.2) is 18.2 Å². The average Bonchev–Trinajstić information content (AvgIpc) is 2.26. The summed E-state index contributed by atoms with van der Waals surface area (Å²) in [4.78, 5) is 4.41. The molecule has 0 fully saturated rings. The Balaban J connectivity index is 2.45. The van der Waals surface area contributed by atoms with E-state index in [1.54, 1.807) is 0 Å². The molecule has 1 rings (SSSR count). The molecule has 0 aliphatic rings. The Bertz CT molecular complexity index is 326. The van der Waals surface area contributed by atoms with Crippen molar-refractivity contribution in [3.63, 3.8) is 0 Å². The van der Waals surface area contributed by atoms with Crippen molar-refractivity contribution in [2.75, 3.05) is 18.5 Å². The van der Waals surface area contributed by atoms with Crippen molar-refractivity contribution in [3.05, 3.63) is 23.9 Å². The van der Waals surface area contributed by atoms with E-state index in [4.69, 9.17) is 5.11 Å². The van der Waals surface area contributed by atoms with Gasteiger partial charge < -0.3 is 10.4 Å². The highest BCUT2D eigenvalue weighted by molar-refractivity contribution is 5.34. The van der Waals surface area contributed by atoms with Crippen LogP contribution in [0, 0.1) is 18.8 Å². The standard InChI is InChI=1S/C14H24N2O/c1-11(2)9-13(7-8-17)10-15-14-6-4-5-12(3)16-14/h4-6,11,13,17H,7-10H2,1-3H3,(H,15,16). The number of nitrogens with one attached hydrogen (secondary N) is 1. The first kappa shape index (κ1) is 14.0. The smallest absolute Gasteiger partial charge is 0.126 e. The van der Waals surface area contributed by atoms with Crippen LogP contribution < -0.4 is 5.32 Å². The first-order valence-electron chi connectivity index (χ1n) is 6.40. The van der Waals surface area contributed by atoms with Crippen molar-refractivity contribution in [3.8, 4) is 0 Å². The van der Waals surface area contributed by atoms with Crippen molar-refractivity contribution < 1.29 is 5.11 Å². The van der Waals surface area contributed by atoms with Crippen molar-refractivity contribution in [1.29, 1.82) is 0 Å². The van der Waals surface area contributed by atoms with Gasteiger partial charge in [0.05, 0.1) is 0 Å². The highest BCUT2D eigenvalue weighted by Crippen LogP contribution is 2.16. The van der Waals surface area contributed by atoms with Crippen LogP contribution in [0.1, 0.15) is 32.4 Å². The van der Waals surface area contributed by atoms with E-state index in [9.17, 15) is 0 Å². The fourth-order valence-electron chi connectivity index (χ4n) is 2.04. The summed E-state index contributed by atoms with van der Waals surface area (Å²) in [6.07, 6.45) is 2.00. The predicted octanol–water partition coefficient (Wildman–Crippen LogP) is 2.85. The number of hydrogen-bond acceptors (Lipinski definition) is 3. The molecule has 1 aromatic rings. The van der Waals surface area contributed by atoms with Gasteiger partial charge in [0.1, 0.15) is 5.82 Å². The fraction of sp³-hybridized carbons (Fsp3) is 0.643. The van der Waals surface area contributed by atoms with Crippen LogP contribution in [0.25, 0.3) is 0 Å². The molecule has 0 saturated heterocycles. The van der Waals surface area contributed by atoms with E-state index in [2.05, 4.69) is 24.1 Å². The monoisotopic (exact) mass is 236 g/mol. The number of anilines is 1. The molecule has 1 heterocycles. The molecule has 17 heavy (non-hydrogen) atoms. The molecule has 0 aliphatic heterocycles. The average molecular weight is 236 g/mol. The van der Waals surface area contributed by atoms with Crippen LogP contribution in [0.4, 0.5) is 5.82 Å². The second-order valence-electron chi connectivity index (χ2n) is 5.05. The molecule has 0 spiro atoms. The molecule has 3 nitrogen and oxygen atoms in total. The van der Waals surface area contributed by atoms with E-state index >= 15 is 0 Å². The van der Waals surface area contributed by atoms with Crippen LogP contribution in [-0.2, 0) is 0 Å². The van der Waals surface area contributed by atoms with E-state index in [0.717, 1.165) is 30.9 Å². The molecule has 0 aliphatic carbocycles. The van der Waals surface area contributed by atoms with Gasteiger partial charge in [-0.05, 0) is 43.7 Å². The normalized spacial score (nSPS) is 12.8. The largest absolute Gasteiger partial charge is 0.396 e. The van der Waals surface area contributed by atoms with Crippen molar-refractivity contribution in [2.45, 2.75) is 33.6 Å². The molecule has 0 bridgehead atoms. The number of hydrogen-bond donors (Lipinski definition) is 2. The highest BCUT2D eigenvalue weighted by atomic mass is 16.3. The van der Waals surface area contributed by atoms with Gasteiger partial charge in [-0.2, -0.15) is 0 Å². The van der Waals surface area contributed by atoms with Crippen molar-refractivity contribution >= 4 is 5.82 Å².